The normalized spacial score (nSPS) is 14.9. The summed E-state index contributed by atoms with van der Waals surface area (Å²) in [5, 5.41) is 3.88. The van der Waals surface area contributed by atoms with Crippen LogP contribution in [0.5, 0.6) is 0 Å². The second-order valence-corrected chi connectivity index (χ2v) is 9.35. The minimum Gasteiger partial charge on any atom is -0.467 e. The molecule has 0 aliphatic carbocycles. The van der Waals surface area contributed by atoms with Gasteiger partial charge in [-0.3, -0.25) is 19.3 Å². The maximum atomic E-state index is 13.0. The Labute approximate surface area is 210 Å². The Kier molecular flexibility index (Phi) is 6.48. The van der Waals surface area contributed by atoms with Crippen molar-refractivity contribution in [2.45, 2.75) is 19.6 Å². The molecule has 0 atom stereocenters. The third-order valence-electron chi connectivity index (χ3n) is 5.62. The van der Waals surface area contributed by atoms with Gasteiger partial charge in [-0.1, -0.05) is 48.0 Å². The Hall–Kier alpha value is -3.75. The van der Waals surface area contributed by atoms with E-state index in [1.807, 2.05) is 41.1 Å². The number of thioether (sulfide) groups is 1. The number of halogens is 1. The number of para-hydroxylation sites is 1. The lowest BCUT2D eigenvalue weighted by atomic mass is 10.1. The van der Waals surface area contributed by atoms with Crippen LogP contribution < -0.4 is 5.32 Å². The molecule has 9 heteroatoms. The number of carbonyl (C=O) groups excluding carboxylic acids is 3. The van der Waals surface area contributed by atoms with Gasteiger partial charge in [0.1, 0.15) is 12.3 Å². The van der Waals surface area contributed by atoms with Gasteiger partial charge >= 0.3 is 0 Å². The molecule has 2 aromatic heterocycles. The molecule has 0 bridgehead atoms. The minimum atomic E-state index is -0.368. The quantitative estimate of drug-likeness (QED) is 0.338. The van der Waals surface area contributed by atoms with E-state index in [-0.39, 0.29) is 30.1 Å². The molecule has 1 aliphatic heterocycles. The average Bonchev–Trinajstić information content (AvgIpc) is 3.56. The monoisotopic (exact) mass is 505 g/mol. The van der Waals surface area contributed by atoms with Crippen molar-refractivity contribution in [2.75, 3.05) is 0 Å². The largest absolute Gasteiger partial charge is 0.467 e. The fourth-order valence-corrected chi connectivity index (χ4v) is 4.93. The summed E-state index contributed by atoms with van der Waals surface area (Å²) in [5.74, 6) is 0.130. The standard InChI is InChI=1S/C26H20ClN3O4S/c27-21-9-3-1-6-17(21)15-30-25(32)23(35-26(30)33)12-18-14-29(22-10-4-2-8-20(18)22)16-24(31)28-13-19-7-5-11-34-19/h1-12,14H,13,15-16H2,(H,28,31)/b23-12-. The molecule has 0 saturated carbocycles. The van der Waals surface area contributed by atoms with Crippen LogP contribution in [0.3, 0.4) is 0 Å². The topological polar surface area (TPSA) is 84.5 Å². The van der Waals surface area contributed by atoms with E-state index in [1.54, 1.807) is 42.7 Å². The second-order valence-electron chi connectivity index (χ2n) is 7.94. The maximum absolute atomic E-state index is 13.0. The smallest absolute Gasteiger partial charge is 0.293 e. The fraction of sp³-hybridized carbons (Fsp3) is 0.115. The molecule has 2 aromatic carbocycles. The molecule has 1 fully saturated rings. The minimum absolute atomic E-state index is 0.100. The molecule has 0 spiro atoms. The van der Waals surface area contributed by atoms with E-state index < -0.39 is 0 Å². The van der Waals surface area contributed by atoms with Crippen LogP contribution in [0.25, 0.3) is 17.0 Å². The number of nitrogens with one attached hydrogen (secondary N) is 1. The number of nitrogens with zero attached hydrogens (tertiary/aromatic N) is 2. The summed E-state index contributed by atoms with van der Waals surface area (Å²) >= 11 is 7.11. The molecule has 176 valence electrons. The van der Waals surface area contributed by atoms with Crippen molar-refractivity contribution in [1.29, 1.82) is 0 Å². The van der Waals surface area contributed by atoms with Crippen LogP contribution in [0.4, 0.5) is 4.79 Å². The van der Waals surface area contributed by atoms with E-state index >= 15 is 0 Å². The van der Waals surface area contributed by atoms with Crippen molar-refractivity contribution in [3.05, 3.63) is 99.9 Å². The van der Waals surface area contributed by atoms with Crippen molar-refractivity contribution in [3.63, 3.8) is 0 Å². The van der Waals surface area contributed by atoms with Gasteiger partial charge in [0, 0.05) is 27.7 Å². The summed E-state index contributed by atoms with van der Waals surface area (Å²) in [6.45, 7) is 0.513. The molecule has 0 radical (unpaired) electrons. The number of benzene rings is 2. The van der Waals surface area contributed by atoms with Crippen molar-refractivity contribution in [3.8, 4) is 0 Å². The first-order valence-corrected chi connectivity index (χ1v) is 12.0. The van der Waals surface area contributed by atoms with Crippen LogP contribution in [0.1, 0.15) is 16.9 Å². The molecule has 35 heavy (non-hydrogen) atoms. The van der Waals surface area contributed by atoms with Gasteiger partial charge in [0.05, 0.1) is 24.3 Å². The van der Waals surface area contributed by atoms with E-state index in [1.165, 1.54) is 4.90 Å². The number of carbonyl (C=O) groups is 3. The van der Waals surface area contributed by atoms with Crippen LogP contribution >= 0.6 is 23.4 Å². The van der Waals surface area contributed by atoms with Gasteiger partial charge in [-0.15, -0.1) is 0 Å². The number of hydrogen-bond donors (Lipinski definition) is 1. The third kappa shape index (κ3) is 4.89. The van der Waals surface area contributed by atoms with Crippen molar-refractivity contribution in [2.24, 2.45) is 0 Å². The summed E-state index contributed by atoms with van der Waals surface area (Å²) in [4.78, 5) is 39.7. The second kappa shape index (κ2) is 9.85. The van der Waals surface area contributed by atoms with E-state index in [0.717, 1.165) is 28.2 Å². The number of aromatic nitrogens is 1. The Morgan fingerprint density at radius 3 is 2.66 bits per heavy atom. The van der Waals surface area contributed by atoms with Gasteiger partial charge in [-0.2, -0.15) is 0 Å². The molecule has 3 amide bonds. The summed E-state index contributed by atoms with van der Waals surface area (Å²) in [7, 11) is 0. The molecule has 5 rings (SSSR count). The Balaban J connectivity index is 1.37. The average molecular weight is 506 g/mol. The van der Waals surface area contributed by atoms with E-state index in [2.05, 4.69) is 5.32 Å². The summed E-state index contributed by atoms with van der Waals surface area (Å²) < 4.78 is 7.08. The van der Waals surface area contributed by atoms with Crippen LogP contribution in [0.15, 0.2) is 82.4 Å². The molecular weight excluding hydrogens is 486 g/mol. The van der Waals surface area contributed by atoms with Gasteiger partial charge in [-0.25, -0.2) is 0 Å². The third-order valence-corrected chi connectivity index (χ3v) is 6.90. The van der Waals surface area contributed by atoms with Gasteiger partial charge in [0.25, 0.3) is 11.1 Å². The predicted octanol–water partition coefficient (Wildman–Crippen LogP) is 5.44. The van der Waals surface area contributed by atoms with E-state index in [9.17, 15) is 14.4 Å². The number of imide groups is 1. The van der Waals surface area contributed by atoms with Crippen LogP contribution in [-0.4, -0.2) is 26.5 Å². The zero-order chi connectivity index (χ0) is 24.4. The molecule has 3 heterocycles. The molecular formula is C26H20ClN3O4S. The highest BCUT2D eigenvalue weighted by Crippen LogP contribution is 2.35. The highest BCUT2D eigenvalue weighted by atomic mass is 35.5. The Morgan fingerprint density at radius 2 is 1.86 bits per heavy atom. The molecule has 7 nitrogen and oxygen atoms in total. The highest BCUT2D eigenvalue weighted by molar-refractivity contribution is 8.18. The van der Waals surface area contributed by atoms with Crippen LogP contribution in [0.2, 0.25) is 5.02 Å². The van der Waals surface area contributed by atoms with Gasteiger partial charge in [-0.05, 0) is 47.7 Å². The van der Waals surface area contributed by atoms with E-state index in [4.69, 9.17) is 16.0 Å². The van der Waals surface area contributed by atoms with Gasteiger partial charge < -0.3 is 14.3 Å². The summed E-state index contributed by atoms with van der Waals surface area (Å²) in [5.41, 5.74) is 2.31. The first-order chi connectivity index (χ1) is 17.0. The fourth-order valence-electron chi connectivity index (χ4n) is 3.90. The lowest BCUT2D eigenvalue weighted by molar-refractivity contribution is -0.123. The summed E-state index contributed by atoms with van der Waals surface area (Å²) in [6, 6.07) is 18.3. The predicted molar refractivity (Wildman–Crippen MR) is 135 cm³/mol. The van der Waals surface area contributed by atoms with E-state index in [0.29, 0.717) is 27.8 Å². The van der Waals surface area contributed by atoms with Crippen molar-refractivity contribution in [1.82, 2.24) is 14.8 Å². The van der Waals surface area contributed by atoms with Crippen LogP contribution in [-0.2, 0) is 29.2 Å². The Bertz CT molecular complexity index is 1460. The molecule has 1 aliphatic rings. The number of fused-ring (bicyclic) bond motifs is 1. The molecule has 1 saturated heterocycles. The number of hydrogen-bond acceptors (Lipinski definition) is 5. The SMILES string of the molecule is O=C(Cn1cc(/C=C2\SC(=O)N(Cc3ccccc3Cl)C2=O)c2ccccc21)NCc1ccco1. The van der Waals surface area contributed by atoms with Crippen molar-refractivity contribution < 1.29 is 18.8 Å². The maximum Gasteiger partial charge on any atom is 0.293 e. The Morgan fingerprint density at radius 1 is 1.06 bits per heavy atom. The van der Waals surface area contributed by atoms with Gasteiger partial charge in [0.15, 0.2) is 0 Å². The zero-order valence-electron chi connectivity index (χ0n) is 18.4. The highest BCUT2D eigenvalue weighted by Gasteiger charge is 2.35. The number of amides is 3. The summed E-state index contributed by atoms with van der Waals surface area (Å²) in [6.07, 6.45) is 5.08. The van der Waals surface area contributed by atoms with Gasteiger partial charge in [0.2, 0.25) is 5.91 Å². The number of furan rings is 1. The molecule has 0 unspecified atom stereocenters. The lowest BCUT2D eigenvalue weighted by Gasteiger charge is -2.13. The zero-order valence-corrected chi connectivity index (χ0v) is 20.0. The molecule has 1 N–H and O–H groups in total. The number of rotatable bonds is 7. The van der Waals surface area contributed by atoms with Crippen molar-refractivity contribution >= 4 is 57.4 Å². The first kappa shape index (κ1) is 23.0. The molecule has 4 aromatic rings. The van der Waals surface area contributed by atoms with Crippen LogP contribution in [0, 0.1) is 0 Å². The lowest BCUT2D eigenvalue weighted by Crippen LogP contribution is -2.27. The first-order valence-electron chi connectivity index (χ1n) is 10.9.